The van der Waals surface area contributed by atoms with Crippen molar-refractivity contribution >= 4 is 23.6 Å². The van der Waals surface area contributed by atoms with Crippen molar-refractivity contribution in [2.45, 2.75) is 30.9 Å². The molecule has 0 fully saturated rings. The van der Waals surface area contributed by atoms with E-state index in [0.717, 1.165) is 10.5 Å². The molecule has 1 amide bonds. The third kappa shape index (κ3) is 5.65. The molecule has 142 valence electrons. The molecule has 1 aliphatic heterocycles. The molecule has 2 aromatic rings. The van der Waals surface area contributed by atoms with Crippen LogP contribution in [0.5, 0.6) is 11.5 Å². The van der Waals surface area contributed by atoms with Gasteiger partial charge in [0.2, 0.25) is 6.79 Å². The fourth-order valence-corrected chi connectivity index (χ4v) is 3.32. The van der Waals surface area contributed by atoms with Crippen LogP contribution < -0.4 is 14.8 Å². The summed E-state index contributed by atoms with van der Waals surface area (Å²) in [6.45, 7) is 2.10. The molecule has 6 nitrogen and oxygen atoms in total. The number of amides is 1. The number of benzene rings is 2. The first kappa shape index (κ1) is 19.1. The molecule has 2 aromatic carbocycles. The summed E-state index contributed by atoms with van der Waals surface area (Å²) in [6.07, 6.45) is -0.590. The smallest absolute Gasteiger partial charge is 0.307 e. The SMILES string of the molecule is C[C@H](OC(=O)CCSc1ccccc1)C(=O)NCc1ccc2c(c1)OCO2. The van der Waals surface area contributed by atoms with Crippen molar-refractivity contribution < 1.29 is 23.8 Å². The Kier molecular flexibility index (Phi) is 6.59. The maximum Gasteiger partial charge on any atom is 0.307 e. The topological polar surface area (TPSA) is 73.9 Å². The number of fused-ring (bicyclic) bond motifs is 1. The van der Waals surface area contributed by atoms with E-state index in [1.54, 1.807) is 24.8 Å². The monoisotopic (exact) mass is 387 g/mol. The summed E-state index contributed by atoms with van der Waals surface area (Å²) in [5.74, 6) is 1.24. The highest BCUT2D eigenvalue weighted by Gasteiger charge is 2.18. The van der Waals surface area contributed by atoms with E-state index in [0.29, 0.717) is 23.8 Å². The molecule has 27 heavy (non-hydrogen) atoms. The molecule has 1 N–H and O–H groups in total. The predicted molar refractivity (Wildman–Crippen MR) is 102 cm³/mol. The van der Waals surface area contributed by atoms with Crippen molar-refractivity contribution in [3.05, 3.63) is 54.1 Å². The highest BCUT2D eigenvalue weighted by Crippen LogP contribution is 2.32. The molecule has 1 aliphatic rings. The second-order valence-corrected chi connectivity index (χ2v) is 7.12. The third-order valence-corrected chi connectivity index (χ3v) is 4.91. The normalized spacial score (nSPS) is 13.1. The van der Waals surface area contributed by atoms with Crippen LogP contribution >= 0.6 is 11.8 Å². The van der Waals surface area contributed by atoms with Crippen molar-refractivity contribution in [1.82, 2.24) is 5.32 Å². The van der Waals surface area contributed by atoms with E-state index in [-0.39, 0.29) is 25.1 Å². The average Bonchev–Trinajstić information content (AvgIpc) is 3.14. The Labute approximate surface area is 162 Å². The molecule has 0 radical (unpaired) electrons. The van der Waals surface area contributed by atoms with E-state index < -0.39 is 6.10 Å². The van der Waals surface area contributed by atoms with Gasteiger partial charge in [-0.1, -0.05) is 24.3 Å². The zero-order valence-electron chi connectivity index (χ0n) is 15.0. The molecule has 7 heteroatoms. The first-order valence-electron chi connectivity index (χ1n) is 8.65. The Morgan fingerprint density at radius 2 is 1.93 bits per heavy atom. The van der Waals surface area contributed by atoms with Crippen LogP contribution in [0.25, 0.3) is 0 Å². The van der Waals surface area contributed by atoms with Gasteiger partial charge < -0.3 is 19.5 Å². The van der Waals surface area contributed by atoms with E-state index in [2.05, 4.69) is 5.32 Å². The summed E-state index contributed by atoms with van der Waals surface area (Å²) >= 11 is 1.58. The number of ether oxygens (including phenoxy) is 3. The van der Waals surface area contributed by atoms with Crippen LogP contribution in [0.4, 0.5) is 0 Å². The van der Waals surface area contributed by atoms with Crippen molar-refractivity contribution in [1.29, 1.82) is 0 Å². The molecule has 0 saturated heterocycles. The Bertz CT molecular complexity index is 796. The number of carbonyl (C=O) groups is 2. The lowest BCUT2D eigenvalue weighted by molar-refractivity contribution is -0.154. The minimum atomic E-state index is -0.840. The van der Waals surface area contributed by atoms with Gasteiger partial charge in [0.25, 0.3) is 5.91 Å². The maximum atomic E-state index is 12.1. The zero-order chi connectivity index (χ0) is 19.1. The second kappa shape index (κ2) is 9.32. The van der Waals surface area contributed by atoms with E-state index >= 15 is 0 Å². The van der Waals surface area contributed by atoms with Crippen LogP contribution in [-0.4, -0.2) is 30.5 Å². The minimum Gasteiger partial charge on any atom is -0.454 e. The van der Waals surface area contributed by atoms with Crippen LogP contribution in [0.15, 0.2) is 53.4 Å². The zero-order valence-corrected chi connectivity index (χ0v) is 15.8. The second-order valence-electron chi connectivity index (χ2n) is 5.95. The van der Waals surface area contributed by atoms with Crippen LogP contribution in [-0.2, 0) is 20.9 Å². The standard InChI is InChI=1S/C20H21NO5S/c1-14(26-19(22)9-10-27-16-5-3-2-4-6-16)20(23)21-12-15-7-8-17-18(11-15)25-13-24-17/h2-8,11,14H,9-10,12-13H2,1H3,(H,21,23)/t14-/m0/s1. The third-order valence-electron chi connectivity index (χ3n) is 3.90. The van der Waals surface area contributed by atoms with Gasteiger partial charge >= 0.3 is 5.97 Å². The number of carbonyl (C=O) groups excluding carboxylic acids is 2. The highest BCUT2D eigenvalue weighted by atomic mass is 32.2. The van der Waals surface area contributed by atoms with E-state index in [1.165, 1.54) is 0 Å². The first-order valence-corrected chi connectivity index (χ1v) is 9.64. The van der Waals surface area contributed by atoms with Gasteiger partial charge in [-0.25, -0.2) is 0 Å². The van der Waals surface area contributed by atoms with E-state index in [4.69, 9.17) is 14.2 Å². The van der Waals surface area contributed by atoms with Crippen molar-refractivity contribution in [3.8, 4) is 11.5 Å². The van der Waals surface area contributed by atoms with Gasteiger partial charge in [0.05, 0.1) is 6.42 Å². The van der Waals surface area contributed by atoms with Gasteiger partial charge in [-0.2, -0.15) is 0 Å². The number of hydrogen-bond donors (Lipinski definition) is 1. The van der Waals surface area contributed by atoms with Crippen LogP contribution in [0.2, 0.25) is 0 Å². The summed E-state index contributed by atoms with van der Waals surface area (Å²) in [4.78, 5) is 25.1. The number of esters is 1. The molecule has 0 bridgehead atoms. The van der Waals surface area contributed by atoms with Crippen molar-refractivity contribution in [2.24, 2.45) is 0 Å². The Hall–Kier alpha value is -2.67. The number of thioether (sulfide) groups is 1. The first-order chi connectivity index (χ1) is 13.1. The number of hydrogen-bond acceptors (Lipinski definition) is 6. The van der Waals surface area contributed by atoms with E-state index in [1.807, 2.05) is 42.5 Å². The Morgan fingerprint density at radius 1 is 1.15 bits per heavy atom. The summed E-state index contributed by atoms with van der Waals surface area (Å²) in [6, 6.07) is 15.3. The van der Waals surface area contributed by atoms with Gasteiger partial charge in [0, 0.05) is 17.2 Å². The average molecular weight is 387 g/mol. The van der Waals surface area contributed by atoms with Gasteiger partial charge in [-0.05, 0) is 36.8 Å². The lowest BCUT2D eigenvalue weighted by Crippen LogP contribution is -2.35. The quantitative estimate of drug-likeness (QED) is 0.554. The van der Waals surface area contributed by atoms with E-state index in [9.17, 15) is 9.59 Å². The fourth-order valence-electron chi connectivity index (χ4n) is 2.46. The fraction of sp³-hybridized carbons (Fsp3) is 0.300. The summed E-state index contributed by atoms with van der Waals surface area (Å²) < 4.78 is 15.8. The largest absolute Gasteiger partial charge is 0.454 e. The Balaban J connectivity index is 1.37. The summed E-state index contributed by atoms with van der Waals surface area (Å²) in [5, 5.41) is 2.76. The van der Waals surface area contributed by atoms with Crippen molar-refractivity contribution in [2.75, 3.05) is 12.5 Å². The predicted octanol–water partition coefficient (Wildman–Crippen LogP) is 3.15. The number of rotatable bonds is 8. The van der Waals surface area contributed by atoms with Gasteiger partial charge in [-0.3, -0.25) is 9.59 Å². The molecule has 0 aromatic heterocycles. The van der Waals surface area contributed by atoms with Crippen LogP contribution in [0.1, 0.15) is 18.9 Å². The molecule has 1 atom stereocenters. The molecule has 0 aliphatic carbocycles. The lowest BCUT2D eigenvalue weighted by atomic mass is 10.2. The lowest BCUT2D eigenvalue weighted by Gasteiger charge is -2.13. The highest BCUT2D eigenvalue weighted by molar-refractivity contribution is 7.99. The van der Waals surface area contributed by atoms with Gasteiger partial charge in [-0.15, -0.1) is 11.8 Å². The Morgan fingerprint density at radius 3 is 2.74 bits per heavy atom. The molecular formula is C20H21NO5S. The molecule has 0 saturated carbocycles. The summed E-state index contributed by atoms with van der Waals surface area (Å²) in [7, 11) is 0. The molecule has 1 heterocycles. The maximum absolute atomic E-state index is 12.1. The molecule has 3 rings (SSSR count). The number of nitrogens with one attached hydrogen (secondary N) is 1. The van der Waals surface area contributed by atoms with Crippen molar-refractivity contribution in [3.63, 3.8) is 0 Å². The van der Waals surface area contributed by atoms with Crippen LogP contribution in [0.3, 0.4) is 0 Å². The van der Waals surface area contributed by atoms with Crippen LogP contribution in [0, 0.1) is 0 Å². The molecule has 0 unspecified atom stereocenters. The van der Waals surface area contributed by atoms with Gasteiger partial charge in [0.1, 0.15) is 0 Å². The molecular weight excluding hydrogens is 366 g/mol. The van der Waals surface area contributed by atoms with Gasteiger partial charge in [0.15, 0.2) is 17.6 Å². The minimum absolute atomic E-state index is 0.209. The summed E-state index contributed by atoms with van der Waals surface area (Å²) in [5.41, 5.74) is 0.880. The molecule has 0 spiro atoms.